The number of likely N-dealkylation sites (tertiary alicyclic amines) is 1. The molecule has 1 aromatic heterocycles. The van der Waals surface area contributed by atoms with E-state index in [9.17, 15) is 8.42 Å². The van der Waals surface area contributed by atoms with Gasteiger partial charge in [-0.25, -0.2) is 13.1 Å². The molecular formula is C15H24N2O3S2. The molecule has 0 aromatic carbocycles. The van der Waals surface area contributed by atoms with Gasteiger partial charge in [0.05, 0.1) is 12.2 Å². The molecule has 0 saturated carbocycles. The molecule has 2 saturated heterocycles. The van der Waals surface area contributed by atoms with Crippen LogP contribution in [0.1, 0.15) is 32.6 Å². The van der Waals surface area contributed by atoms with Crippen LogP contribution in [0.25, 0.3) is 0 Å². The Balaban J connectivity index is 1.46. The third-order valence-corrected chi connectivity index (χ3v) is 7.37. The molecule has 1 N–H and O–H groups in total. The number of sulfonamides is 1. The molecule has 5 nitrogen and oxygen atoms in total. The van der Waals surface area contributed by atoms with Gasteiger partial charge in [0, 0.05) is 12.6 Å². The van der Waals surface area contributed by atoms with E-state index in [1.807, 2.05) is 0 Å². The summed E-state index contributed by atoms with van der Waals surface area (Å²) in [6, 6.07) is 3.47. The predicted octanol–water partition coefficient (Wildman–Crippen LogP) is 2.06. The number of thiophene rings is 1. The summed E-state index contributed by atoms with van der Waals surface area (Å²) < 4.78 is 33.6. The second-order valence-corrected chi connectivity index (χ2v) is 9.16. The van der Waals surface area contributed by atoms with Gasteiger partial charge in [0.2, 0.25) is 10.0 Å². The molecule has 7 heteroatoms. The number of nitrogens with zero attached hydrogens (tertiary/aromatic N) is 1. The summed E-state index contributed by atoms with van der Waals surface area (Å²) in [6.45, 7) is 4.98. The summed E-state index contributed by atoms with van der Waals surface area (Å²) in [7, 11) is -3.34. The molecular weight excluding hydrogens is 320 g/mol. The lowest BCUT2D eigenvalue weighted by molar-refractivity contribution is 0.0261. The van der Waals surface area contributed by atoms with E-state index in [4.69, 9.17) is 4.74 Å². The SMILES string of the molecule is C[C@H]1CC[C@H](CN2CCC(NS(=O)(=O)c3cccs3)CC2)O1. The van der Waals surface area contributed by atoms with Gasteiger partial charge < -0.3 is 9.64 Å². The molecule has 124 valence electrons. The van der Waals surface area contributed by atoms with Crippen molar-refractivity contribution in [2.75, 3.05) is 19.6 Å². The Hall–Kier alpha value is -0.470. The zero-order valence-corrected chi connectivity index (χ0v) is 14.5. The Morgan fingerprint density at radius 1 is 1.32 bits per heavy atom. The summed E-state index contributed by atoms with van der Waals surface area (Å²) in [5.74, 6) is 0. The number of nitrogens with one attached hydrogen (secondary N) is 1. The fraction of sp³-hybridized carbons (Fsp3) is 0.733. The summed E-state index contributed by atoms with van der Waals surface area (Å²) in [5, 5.41) is 1.79. The molecule has 0 spiro atoms. The average molecular weight is 345 g/mol. The van der Waals surface area contributed by atoms with Crippen molar-refractivity contribution in [3.63, 3.8) is 0 Å². The van der Waals surface area contributed by atoms with Crippen molar-refractivity contribution in [2.45, 2.75) is 55.1 Å². The van der Waals surface area contributed by atoms with Crippen LogP contribution in [0, 0.1) is 0 Å². The smallest absolute Gasteiger partial charge is 0.250 e. The van der Waals surface area contributed by atoms with Gasteiger partial charge in [0.25, 0.3) is 0 Å². The maximum Gasteiger partial charge on any atom is 0.250 e. The van der Waals surface area contributed by atoms with Gasteiger partial charge >= 0.3 is 0 Å². The van der Waals surface area contributed by atoms with Crippen molar-refractivity contribution in [1.82, 2.24) is 9.62 Å². The molecule has 2 aliphatic heterocycles. The van der Waals surface area contributed by atoms with E-state index in [2.05, 4.69) is 16.5 Å². The number of ether oxygens (including phenoxy) is 1. The Morgan fingerprint density at radius 3 is 2.68 bits per heavy atom. The topological polar surface area (TPSA) is 58.6 Å². The second-order valence-electron chi connectivity index (χ2n) is 6.27. The summed E-state index contributed by atoms with van der Waals surface area (Å²) in [5.41, 5.74) is 0. The predicted molar refractivity (Wildman–Crippen MR) is 87.7 cm³/mol. The van der Waals surface area contributed by atoms with Crippen molar-refractivity contribution in [2.24, 2.45) is 0 Å². The van der Waals surface area contributed by atoms with Gasteiger partial charge in [-0.3, -0.25) is 0 Å². The van der Waals surface area contributed by atoms with E-state index in [1.165, 1.54) is 11.3 Å². The number of hydrogen-bond acceptors (Lipinski definition) is 5. The monoisotopic (exact) mass is 344 g/mol. The van der Waals surface area contributed by atoms with Crippen LogP contribution >= 0.6 is 11.3 Å². The Bertz CT molecular complexity index is 566. The van der Waals surface area contributed by atoms with E-state index < -0.39 is 10.0 Å². The Labute approximate surface area is 136 Å². The third-order valence-electron chi connectivity index (χ3n) is 4.45. The minimum atomic E-state index is -3.34. The minimum absolute atomic E-state index is 0.0479. The van der Waals surface area contributed by atoms with Crippen molar-refractivity contribution in [1.29, 1.82) is 0 Å². The number of hydrogen-bond donors (Lipinski definition) is 1. The highest BCUT2D eigenvalue weighted by atomic mass is 32.2. The summed E-state index contributed by atoms with van der Waals surface area (Å²) in [6.07, 6.45) is 4.78. The normalized spacial score (nSPS) is 28.2. The zero-order chi connectivity index (χ0) is 15.6. The van der Waals surface area contributed by atoms with Crippen LogP contribution in [0.2, 0.25) is 0 Å². The molecule has 22 heavy (non-hydrogen) atoms. The third kappa shape index (κ3) is 4.08. The van der Waals surface area contributed by atoms with E-state index in [-0.39, 0.29) is 6.04 Å². The van der Waals surface area contributed by atoms with Crippen LogP contribution in [0.3, 0.4) is 0 Å². The van der Waals surface area contributed by atoms with Crippen molar-refractivity contribution < 1.29 is 13.2 Å². The first-order valence-corrected chi connectivity index (χ1v) is 10.3. The van der Waals surface area contributed by atoms with Gasteiger partial charge in [-0.05, 0) is 57.1 Å². The molecule has 1 aromatic rings. The first kappa shape index (κ1) is 16.4. The van der Waals surface area contributed by atoms with E-state index in [1.54, 1.807) is 17.5 Å². The maximum atomic E-state index is 12.2. The molecule has 3 heterocycles. The second kappa shape index (κ2) is 6.97. The lowest BCUT2D eigenvalue weighted by Gasteiger charge is -2.33. The fourth-order valence-electron chi connectivity index (χ4n) is 3.23. The molecule has 2 fully saturated rings. The maximum absolute atomic E-state index is 12.2. The van der Waals surface area contributed by atoms with Crippen molar-refractivity contribution in [3.8, 4) is 0 Å². The molecule has 3 rings (SSSR count). The van der Waals surface area contributed by atoms with Crippen LogP contribution in [-0.2, 0) is 14.8 Å². The summed E-state index contributed by atoms with van der Waals surface area (Å²) in [4.78, 5) is 2.40. The zero-order valence-electron chi connectivity index (χ0n) is 12.9. The molecule has 0 amide bonds. The molecule has 0 unspecified atom stereocenters. The standard InChI is InChI=1S/C15H24N2O3S2/c1-12-4-5-14(20-12)11-17-8-6-13(7-9-17)16-22(18,19)15-3-2-10-21-15/h2-3,10,12-14,16H,4-9,11H2,1H3/t12-,14+/m0/s1. The number of piperidine rings is 1. The molecule has 2 aliphatic rings. The highest BCUT2D eigenvalue weighted by Crippen LogP contribution is 2.22. The number of rotatable bonds is 5. The quantitative estimate of drug-likeness (QED) is 0.888. The van der Waals surface area contributed by atoms with E-state index in [0.717, 1.165) is 45.3 Å². The highest BCUT2D eigenvalue weighted by molar-refractivity contribution is 7.91. The van der Waals surface area contributed by atoms with E-state index in [0.29, 0.717) is 16.4 Å². The van der Waals surface area contributed by atoms with Gasteiger partial charge in [-0.2, -0.15) is 0 Å². The molecule has 0 bridgehead atoms. The average Bonchev–Trinajstić information content (AvgIpc) is 3.13. The largest absolute Gasteiger partial charge is 0.374 e. The highest BCUT2D eigenvalue weighted by Gasteiger charge is 2.28. The van der Waals surface area contributed by atoms with Crippen LogP contribution < -0.4 is 4.72 Å². The van der Waals surface area contributed by atoms with E-state index >= 15 is 0 Å². The summed E-state index contributed by atoms with van der Waals surface area (Å²) >= 11 is 1.26. The lowest BCUT2D eigenvalue weighted by atomic mass is 10.1. The van der Waals surface area contributed by atoms with Crippen molar-refractivity contribution in [3.05, 3.63) is 17.5 Å². The molecule has 2 atom stereocenters. The van der Waals surface area contributed by atoms with Crippen molar-refractivity contribution >= 4 is 21.4 Å². The Morgan fingerprint density at radius 2 is 2.09 bits per heavy atom. The first-order valence-electron chi connectivity index (χ1n) is 7.96. The molecule has 0 radical (unpaired) electrons. The van der Waals surface area contributed by atoms with Gasteiger partial charge in [-0.15, -0.1) is 11.3 Å². The van der Waals surface area contributed by atoms with Crippen LogP contribution in [0.5, 0.6) is 0 Å². The fourth-order valence-corrected chi connectivity index (χ4v) is 5.55. The molecule has 0 aliphatic carbocycles. The van der Waals surface area contributed by atoms with Crippen LogP contribution in [-0.4, -0.2) is 51.2 Å². The minimum Gasteiger partial charge on any atom is -0.374 e. The van der Waals surface area contributed by atoms with Crippen LogP contribution in [0.15, 0.2) is 21.7 Å². The lowest BCUT2D eigenvalue weighted by Crippen LogP contribution is -2.46. The van der Waals surface area contributed by atoms with Gasteiger partial charge in [-0.1, -0.05) is 6.07 Å². The van der Waals surface area contributed by atoms with Crippen LogP contribution in [0.4, 0.5) is 0 Å². The first-order chi connectivity index (χ1) is 10.5. The van der Waals surface area contributed by atoms with Gasteiger partial charge in [0.1, 0.15) is 4.21 Å². The Kier molecular flexibility index (Phi) is 5.19. The van der Waals surface area contributed by atoms with Gasteiger partial charge in [0.15, 0.2) is 0 Å².